The number of benzene rings is 7. The van der Waals surface area contributed by atoms with Crippen LogP contribution in [0.4, 0.5) is 0 Å². The Bertz CT molecular complexity index is 3300. The predicted octanol–water partition coefficient (Wildman–Crippen LogP) is 13.4. The number of rotatable bonds is 5. The van der Waals surface area contributed by atoms with Crippen LogP contribution in [0.1, 0.15) is 46.8 Å². The van der Waals surface area contributed by atoms with Crippen molar-refractivity contribution in [3.63, 3.8) is 0 Å². The van der Waals surface area contributed by atoms with E-state index in [0.717, 1.165) is 56.2 Å². The largest absolute Gasteiger partial charge is 0.482 e. The Labute approximate surface area is 346 Å². The van der Waals surface area contributed by atoms with Crippen LogP contribution in [0.5, 0.6) is 5.75 Å². The summed E-state index contributed by atoms with van der Waals surface area (Å²) in [7, 11) is 0. The van der Waals surface area contributed by atoms with E-state index in [2.05, 4.69) is 200 Å². The maximum absolute atomic E-state index is 6.74. The van der Waals surface area contributed by atoms with E-state index in [1.807, 2.05) is 11.3 Å². The van der Waals surface area contributed by atoms with Gasteiger partial charge in [-0.05, 0) is 64.7 Å². The van der Waals surface area contributed by atoms with Gasteiger partial charge in [-0.1, -0.05) is 158 Å². The van der Waals surface area contributed by atoms with Crippen molar-refractivity contribution in [1.29, 1.82) is 0 Å². The Morgan fingerprint density at radius 3 is 2.32 bits per heavy atom. The highest BCUT2D eigenvalue weighted by Gasteiger charge is 2.47. The van der Waals surface area contributed by atoms with Gasteiger partial charge in [-0.3, -0.25) is 4.99 Å². The summed E-state index contributed by atoms with van der Waals surface area (Å²) in [6.07, 6.45) is 8.54. The van der Waals surface area contributed by atoms with Gasteiger partial charge in [-0.2, -0.15) is 0 Å². The number of hydrogen-bond acceptors (Lipinski definition) is 5. The number of ether oxygens (including phenoxy) is 1. The molecule has 59 heavy (non-hydrogen) atoms. The third kappa shape index (κ3) is 5.42. The molecule has 5 heteroatoms. The van der Waals surface area contributed by atoms with E-state index in [9.17, 15) is 0 Å². The maximum atomic E-state index is 6.74. The van der Waals surface area contributed by atoms with Crippen molar-refractivity contribution in [3.8, 4) is 17.0 Å². The third-order valence-corrected chi connectivity index (χ3v) is 13.5. The summed E-state index contributed by atoms with van der Waals surface area (Å²) < 4.78 is 9.22. The van der Waals surface area contributed by atoms with Crippen LogP contribution in [-0.4, -0.2) is 16.3 Å². The summed E-state index contributed by atoms with van der Waals surface area (Å²) in [6.45, 7) is 2.22. The Morgan fingerprint density at radius 1 is 0.661 bits per heavy atom. The second-order valence-electron chi connectivity index (χ2n) is 15.8. The smallest absolute Gasteiger partial charge is 0.145 e. The van der Waals surface area contributed by atoms with E-state index in [-0.39, 0.29) is 12.1 Å². The van der Waals surface area contributed by atoms with E-state index in [4.69, 9.17) is 14.7 Å². The van der Waals surface area contributed by atoms with Gasteiger partial charge in [0.05, 0.1) is 21.6 Å². The van der Waals surface area contributed by atoms with E-state index in [0.29, 0.717) is 0 Å². The van der Waals surface area contributed by atoms with Gasteiger partial charge < -0.3 is 10.1 Å². The lowest BCUT2D eigenvalue weighted by Gasteiger charge is -2.34. The lowest BCUT2D eigenvalue weighted by atomic mass is 9.74. The quantitative estimate of drug-likeness (QED) is 0.177. The highest BCUT2D eigenvalue weighted by atomic mass is 32.1. The van der Waals surface area contributed by atoms with Gasteiger partial charge >= 0.3 is 0 Å². The molecule has 0 saturated heterocycles. The molecule has 9 aromatic rings. The average Bonchev–Trinajstić information content (AvgIpc) is 3.84. The minimum absolute atomic E-state index is 0.148. The SMILES string of the molecule is CC12Oc3ccccc3C1C=CC=C2c1cccc(C2=NC(c3ccc(-c4nc5ccc6ccccc6c5c5c4sc4ccccc45)cc3)NC(c3ccccc3)=C2)c1. The molecule has 0 spiro atoms. The summed E-state index contributed by atoms with van der Waals surface area (Å²) in [5, 5.41) is 10.0. The molecule has 1 aliphatic carbocycles. The van der Waals surface area contributed by atoms with Gasteiger partial charge in [0.25, 0.3) is 0 Å². The summed E-state index contributed by atoms with van der Waals surface area (Å²) in [5.41, 5.74) is 11.4. The fourth-order valence-corrected chi connectivity index (χ4v) is 10.7. The van der Waals surface area contributed by atoms with Gasteiger partial charge in [0.2, 0.25) is 0 Å². The zero-order valence-corrected chi connectivity index (χ0v) is 33.1. The Hall–Kier alpha value is -7.08. The number of nitrogens with zero attached hydrogens (tertiary/aromatic N) is 2. The molecule has 0 fully saturated rings. The molecular formula is C54H37N3OS. The highest BCUT2D eigenvalue weighted by molar-refractivity contribution is 7.26. The van der Waals surface area contributed by atoms with Crippen LogP contribution in [0.15, 0.2) is 193 Å². The van der Waals surface area contributed by atoms with Gasteiger partial charge in [-0.15, -0.1) is 11.3 Å². The normalized spacial score (nSPS) is 19.5. The van der Waals surface area contributed by atoms with Gasteiger partial charge in [0.15, 0.2) is 0 Å². The molecule has 7 aromatic carbocycles. The molecular weight excluding hydrogens is 739 g/mol. The minimum atomic E-state index is -0.503. The second-order valence-corrected chi connectivity index (χ2v) is 16.9. The summed E-state index contributed by atoms with van der Waals surface area (Å²) >= 11 is 1.83. The molecule has 2 aromatic heterocycles. The van der Waals surface area contributed by atoms with Crippen molar-refractivity contribution in [2.75, 3.05) is 0 Å². The number of fused-ring (bicyclic) bond motifs is 10. The Kier molecular flexibility index (Phi) is 7.63. The van der Waals surface area contributed by atoms with Crippen molar-refractivity contribution >= 4 is 70.2 Å². The van der Waals surface area contributed by atoms with Crippen molar-refractivity contribution in [1.82, 2.24) is 10.3 Å². The average molecular weight is 776 g/mol. The molecule has 0 bridgehead atoms. The monoisotopic (exact) mass is 775 g/mol. The van der Waals surface area contributed by atoms with Crippen molar-refractivity contribution in [2.24, 2.45) is 4.99 Å². The fourth-order valence-electron chi connectivity index (χ4n) is 9.49. The Morgan fingerprint density at radius 2 is 1.42 bits per heavy atom. The fraction of sp³-hybridized carbons (Fsp3) is 0.0741. The lowest BCUT2D eigenvalue weighted by Crippen LogP contribution is -2.36. The summed E-state index contributed by atoms with van der Waals surface area (Å²) in [6, 6.07) is 58.3. The van der Waals surface area contributed by atoms with Crippen LogP contribution >= 0.6 is 11.3 Å². The number of aromatic nitrogens is 1. The Balaban J connectivity index is 0.941. The van der Waals surface area contributed by atoms with Gasteiger partial charge in [0, 0.05) is 54.7 Å². The third-order valence-electron chi connectivity index (χ3n) is 12.4. The number of hydrogen-bond donors (Lipinski definition) is 1. The number of aliphatic imine (C=N–C) groups is 1. The van der Waals surface area contributed by atoms with Gasteiger partial charge in [-0.25, -0.2) is 4.98 Å². The summed E-state index contributed by atoms with van der Waals surface area (Å²) in [5.74, 6) is 1.11. The highest BCUT2D eigenvalue weighted by Crippen LogP contribution is 2.53. The molecule has 0 saturated carbocycles. The molecule has 3 unspecified atom stereocenters. The second kappa shape index (κ2) is 13.2. The first-order valence-electron chi connectivity index (χ1n) is 20.2. The molecule has 4 nitrogen and oxygen atoms in total. The first-order valence-corrected chi connectivity index (χ1v) is 21.0. The molecule has 0 amide bonds. The molecule has 12 rings (SSSR count). The molecule has 0 radical (unpaired) electrons. The number of allylic oxidation sites excluding steroid dienone is 3. The van der Waals surface area contributed by atoms with E-state index in [1.165, 1.54) is 47.5 Å². The summed E-state index contributed by atoms with van der Waals surface area (Å²) in [4.78, 5) is 10.8. The van der Waals surface area contributed by atoms with Crippen LogP contribution in [0.25, 0.3) is 64.4 Å². The molecule has 3 atom stereocenters. The lowest BCUT2D eigenvalue weighted by molar-refractivity contribution is 0.166. The standard InChI is InChI=1S/C54H37N3OS/c1-54-42(21-12-22-43(54)40-19-7-9-23-47(40)58-54)37-16-11-17-38(31-37)46-32-45(34-14-3-2-4-15-34)56-53(57-46)36-27-25-35(26-28-36)51-52-50(41-20-8-10-24-48(41)59-52)49-39-18-6-5-13-33(39)29-30-44(49)55-51/h2-32,43,53,56H,1H3. The zero-order chi connectivity index (χ0) is 39.1. The molecule has 280 valence electrons. The van der Waals surface area contributed by atoms with Crippen molar-refractivity contribution in [2.45, 2.75) is 24.6 Å². The van der Waals surface area contributed by atoms with E-state index < -0.39 is 5.60 Å². The van der Waals surface area contributed by atoms with Crippen LogP contribution in [0.2, 0.25) is 0 Å². The number of pyridine rings is 1. The van der Waals surface area contributed by atoms with Crippen molar-refractivity contribution in [3.05, 3.63) is 216 Å². The topological polar surface area (TPSA) is 46.5 Å². The van der Waals surface area contributed by atoms with Gasteiger partial charge in [0.1, 0.15) is 17.5 Å². The molecule has 1 N–H and O–H groups in total. The zero-order valence-electron chi connectivity index (χ0n) is 32.3. The van der Waals surface area contributed by atoms with Crippen LogP contribution in [0, 0.1) is 0 Å². The maximum Gasteiger partial charge on any atom is 0.145 e. The van der Waals surface area contributed by atoms with E-state index in [1.54, 1.807) is 0 Å². The minimum Gasteiger partial charge on any atom is -0.482 e. The van der Waals surface area contributed by atoms with Crippen LogP contribution in [-0.2, 0) is 0 Å². The number of para-hydroxylation sites is 1. The molecule has 3 aliphatic rings. The van der Waals surface area contributed by atoms with Crippen LogP contribution in [0.3, 0.4) is 0 Å². The molecule has 2 aliphatic heterocycles. The van der Waals surface area contributed by atoms with Crippen LogP contribution < -0.4 is 10.1 Å². The number of thiophene rings is 1. The first-order chi connectivity index (χ1) is 29.1. The van der Waals surface area contributed by atoms with Crippen molar-refractivity contribution < 1.29 is 4.74 Å². The molecule has 4 heterocycles. The first kappa shape index (κ1) is 34.0. The predicted molar refractivity (Wildman–Crippen MR) is 246 cm³/mol. The van der Waals surface area contributed by atoms with E-state index >= 15 is 0 Å². The number of nitrogens with one attached hydrogen (secondary N) is 1.